The largest absolute Gasteiger partial charge is 0.338 e. The third-order valence-electron chi connectivity index (χ3n) is 2.45. The van der Waals surface area contributed by atoms with Crippen molar-refractivity contribution in [3.63, 3.8) is 0 Å². The summed E-state index contributed by atoms with van der Waals surface area (Å²) in [4.78, 5) is 11.1. The lowest BCUT2D eigenvalue weighted by atomic mass is 10.3. The molecule has 0 aromatic rings. The van der Waals surface area contributed by atoms with Crippen molar-refractivity contribution in [2.24, 2.45) is 5.92 Å². The maximum Gasteiger partial charge on any atom is 0.315 e. The topological polar surface area (TPSA) is 41.1 Å². The van der Waals surface area contributed by atoms with E-state index in [2.05, 4.69) is 10.6 Å². The predicted octanol–water partition coefficient (Wildman–Crippen LogP) is 1.25. The van der Waals surface area contributed by atoms with Gasteiger partial charge >= 0.3 is 6.03 Å². The summed E-state index contributed by atoms with van der Waals surface area (Å²) in [5, 5.41) is 5.77. The van der Waals surface area contributed by atoms with E-state index in [1.165, 1.54) is 12.8 Å². The number of carbonyl (C=O) groups excluding carboxylic acids is 1. The highest BCUT2D eigenvalue weighted by Gasteiger charge is 2.24. The molecular formula is C9H16N2O. The lowest BCUT2D eigenvalue weighted by molar-refractivity contribution is 0.240. The SMILES string of the molecule is O=C(NCCC1CC1)NC1CC1. The van der Waals surface area contributed by atoms with E-state index in [-0.39, 0.29) is 6.03 Å². The van der Waals surface area contributed by atoms with E-state index < -0.39 is 0 Å². The Morgan fingerprint density at radius 2 is 2.00 bits per heavy atom. The lowest BCUT2D eigenvalue weighted by Crippen LogP contribution is -2.37. The number of hydrogen-bond donors (Lipinski definition) is 2. The van der Waals surface area contributed by atoms with Gasteiger partial charge < -0.3 is 10.6 Å². The minimum Gasteiger partial charge on any atom is -0.338 e. The Labute approximate surface area is 72.9 Å². The molecule has 3 nitrogen and oxygen atoms in total. The van der Waals surface area contributed by atoms with Gasteiger partial charge in [0.2, 0.25) is 0 Å². The quantitative estimate of drug-likeness (QED) is 0.651. The summed E-state index contributed by atoms with van der Waals surface area (Å²) in [6, 6.07) is 0.504. The van der Waals surface area contributed by atoms with Gasteiger partial charge in [0.1, 0.15) is 0 Å². The van der Waals surface area contributed by atoms with Gasteiger partial charge in [0.15, 0.2) is 0 Å². The van der Waals surface area contributed by atoms with Gasteiger partial charge in [-0.05, 0) is 25.2 Å². The molecule has 2 fully saturated rings. The fourth-order valence-corrected chi connectivity index (χ4v) is 1.26. The molecule has 0 aliphatic heterocycles. The third-order valence-corrected chi connectivity index (χ3v) is 2.45. The van der Waals surface area contributed by atoms with E-state index in [0.29, 0.717) is 6.04 Å². The molecule has 0 radical (unpaired) electrons. The van der Waals surface area contributed by atoms with Crippen LogP contribution in [0.5, 0.6) is 0 Å². The van der Waals surface area contributed by atoms with Crippen LogP contribution in [0.15, 0.2) is 0 Å². The van der Waals surface area contributed by atoms with Crippen molar-refractivity contribution in [2.75, 3.05) is 6.54 Å². The first-order valence-corrected chi connectivity index (χ1v) is 4.89. The van der Waals surface area contributed by atoms with Crippen LogP contribution in [0.1, 0.15) is 32.1 Å². The summed E-state index contributed by atoms with van der Waals surface area (Å²) in [7, 11) is 0. The van der Waals surface area contributed by atoms with Crippen molar-refractivity contribution in [3.05, 3.63) is 0 Å². The summed E-state index contributed by atoms with van der Waals surface area (Å²) in [6.45, 7) is 0.850. The van der Waals surface area contributed by atoms with Gasteiger partial charge in [-0.3, -0.25) is 0 Å². The molecule has 3 heteroatoms. The highest BCUT2D eigenvalue weighted by molar-refractivity contribution is 5.74. The first kappa shape index (κ1) is 7.90. The third kappa shape index (κ3) is 2.72. The molecule has 2 aliphatic carbocycles. The van der Waals surface area contributed by atoms with Crippen LogP contribution in [-0.2, 0) is 0 Å². The molecule has 0 atom stereocenters. The van der Waals surface area contributed by atoms with Crippen LogP contribution in [0, 0.1) is 5.92 Å². The molecule has 0 aromatic heterocycles. The van der Waals surface area contributed by atoms with Crippen LogP contribution in [-0.4, -0.2) is 18.6 Å². The van der Waals surface area contributed by atoms with E-state index in [4.69, 9.17) is 0 Å². The van der Waals surface area contributed by atoms with Gasteiger partial charge in [-0.2, -0.15) is 0 Å². The monoisotopic (exact) mass is 168 g/mol. The number of hydrogen-bond acceptors (Lipinski definition) is 1. The molecule has 2 saturated carbocycles. The molecular weight excluding hydrogens is 152 g/mol. The Kier molecular flexibility index (Phi) is 2.19. The van der Waals surface area contributed by atoms with Crippen LogP contribution >= 0.6 is 0 Å². The predicted molar refractivity (Wildman–Crippen MR) is 46.9 cm³/mol. The smallest absolute Gasteiger partial charge is 0.315 e. The van der Waals surface area contributed by atoms with E-state index in [9.17, 15) is 4.79 Å². The van der Waals surface area contributed by atoms with Crippen LogP contribution in [0.3, 0.4) is 0 Å². The van der Waals surface area contributed by atoms with Gasteiger partial charge in [0, 0.05) is 12.6 Å². The van der Waals surface area contributed by atoms with E-state index in [1.807, 2.05) is 0 Å². The maximum atomic E-state index is 11.1. The minimum absolute atomic E-state index is 0.0261. The number of rotatable bonds is 4. The molecule has 2 aliphatic rings. The standard InChI is InChI=1S/C9H16N2O/c12-9(11-8-3-4-8)10-6-5-7-1-2-7/h7-8H,1-6H2,(H2,10,11,12). The molecule has 0 unspecified atom stereocenters. The average molecular weight is 168 g/mol. The molecule has 0 spiro atoms. The second kappa shape index (κ2) is 3.33. The summed E-state index contributed by atoms with van der Waals surface area (Å²) in [5.74, 6) is 0.909. The summed E-state index contributed by atoms with van der Waals surface area (Å²) < 4.78 is 0. The Hall–Kier alpha value is -0.730. The van der Waals surface area contributed by atoms with Gasteiger partial charge in [-0.1, -0.05) is 12.8 Å². The summed E-state index contributed by atoms with van der Waals surface area (Å²) in [5.41, 5.74) is 0. The van der Waals surface area contributed by atoms with Crippen molar-refractivity contribution in [2.45, 2.75) is 38.1 Å². The molecule has 12 heavy (non-hydrogen) atoms. The number of urea groups is 1. The number of carbonyl (C=O) groups is 1. The van der Waals surface area contributed by atoms with Crippen molar-refractivity contribution in [3.8, 4) is 0 Å². The number of nitrogens with one attached hydrogen (secondary N) is 2. The highest BCUT2D eigenvalue weighted by atomic mass is 16.2. The average Bonchev–Trinajstić information content (AvgIpc) is 2.77. The first-order valence-electron chi connectivity index (χ1n) is 4.89. The fraction of sp³-hybridized carbons (Fsp3) is 0.889. The molecule has 0 heterocycles. The van der Waals surface area contributed by atoms with Gasteiger partial charge in [-0.25, -0.2) is 4.79 Å². The van der Waals surface area contributed by atoms with Gasteiger partial charge in [-0.15, -0.1) is 0 Å². The Morgan fingerprint density at radius 3 is 2.58 bits per heavy atom. The van der Waals surface area contributed by atoms with Crippen molar-refractivity contribution >= 4 is 6.03 Å². The zero-order valence-electron chi connectivity index (χ0n) is 7.31. The lowest BCUT2D eigenvalue weighted by Gasteiger charge is -2.04. The van der Waals surface area contributed by atoms with Crippen molar-refractivity contribution < 1.29 is 4.79 Å². The molecule has 2 rings (SSSR count). The molecule has 0 bridgehead atoms. The second-order valence-corrected chi connectivity index (χ2v) is 3.91. The molecule has 68 valence electrons. The first-order chi connectivity index (χ1) is 5.84. The fourth-order valence-electron chi connectivity index (χ4n) is 1.26. The molecule has 0 saturated heterocycles. The Bertz CT molecular complexity index is 173. The zero-order valence-corrected chi connectivity index (χ0v) is 7.31. The van der Waals surface area contributed by atoms with Crippen LogP contribution in [0.25, 0.3) is 0 Å². The summed E-state index contributed by atoms with van der Waals surface area (Å²) >= 11 is 0. The van der Waals surface area contributed by atoms with Crippen molar-refractivity contribution in [1.29, 1.82) is 0 Å². The normalized spacial score (nSPS) is 22.0. The van der Waals surface area contributed by atoms with Crippen LogP contribution in [0.2, 0.25) is 0 Å². The Balaban J connectivity index is 1.49. The van der Waals surface area contributed by atoms with E-state index >= 15 is 0 Å². The van der Waals surface area contributed by atoms with E-state index in [0.717, 1.165) is 31.7 Å². The minimum atomic E-state index is 0.0261. The summed E-state index contributed by atoms with van der Waals surface area (Å²) in [6.07, 6.45) is 6.22. The Morgan fingerprint density at radius 1 is 1.25 bits per heavy atom. The van der Waals surface area contributed by atoms with Crippen molar-refractivity contribution in [1.82, 2.24) is 10.6 Å². The van der Waals surface area contributed by atoms with Crippen LogP contribution in [0.4, 0.5) is 4.79 Å². The molecule has 2 amide bonds. The van der Waals surface area contributed by atoms with Gasteiger partial charge in [0.05, 0.1) is 0 Å². The molecule has 2 N–H and O–H groups in total. The highest BCUT2D eigenvalue weighted by Crippen LogP contribution is 2.31. The molecule has 0 aromatic carbocycles. The zero-order chi connectivity index (χ0) is 8.39. The van der Waals surface area contributed by atoms with Gasteiger partial charge in [0.25, 0.3) is 0 Å². The van der Waals surface area contributed by atoms with E-state index in [1.54, 1.807) is 0 Å². The second-order valence-electron chi connectivity index (χ2n) is 3.91. The van der Waals surface area contributed by atoms with Crippen LogP contribution < -0.4 is 10.6 Å². The maximum absolute atomic E-state index is 11.1. The number of amides is 2.